The van der Waals surface area contributed by atoms with Crippen molar-refractivity contribution in [3.05, 3.63) is 24.5 Å². The summed E-state index contributed by atoms with van der Waals surface area (Å²) in [6.07, 6.45) is 1.65. The molecule has 0 radical (unpaired) electrons. The fourth-order valence-corrected chi connectivity index (χ4v) is 3.11. The number of ether oxygens (including phenoxy) is 2. The summed E-state index contributed by atoms with van der Waals surface area (Å²) in [5, 5.41) is 0. The van der Waals surface area contributed by atoms with Crippen LogP contribution in [-0.2, 0) is 4.74 Å². The number of hydrogen-bond acceptors (Lipinski definition) is 8. The third kappa shape index (κ3) is 2.86. The van der Waals surface area contributed by atoms with Crippen LogP contribution in [0.3, 0.4) is 0 Å². The molecule has 0 unspecified atom stereocenters. The Hall–Kier alpha value is -3.07. The molecule has 0 spiro atoms. The van der Waals surface area contributed by atoms with E-state index in [0.717, 1.165) is 43.4 Å². The Morgan fingerprint density at radius 3 is 2.77 bits per heavy atom. The predicted octanol–water partition coefficient (Wildman–Crippen LogP) is 1.22. The normalized spacial score (nSPS) is 14.7. The molecule has 136 valence electrons. The first-order chi connectivity index (χ1) is 12.7. The van der Waals surface area contributed by atoms with Gasteiger partial charge in [0.15, 0.2) is 17.0 Å². The van der Waals surface area contributed by atoms with Crippen LogP contribution in [0.15, 0.2) is 24.5 Å². The second-order valence-corrected chi connectivity index (χ2v) is 5.94. The number of hydrogen-bond donors (Lipinski definition) is 2. The fourth-order valence-electron chi connectivity index (χ4n) is 3.11. The molecular weight excluding hydrogens is 334 g/mol. The third-order valence-electron chi connectivity index (χ3n) is 4.32. The number of aromatic nitrogens is 4. The topological polar surface area (TPSA) is 117 Å². The van der Waals surface area contributed by atoms with Crippen molar-refractivity contribution in [3.8, 4) is 11.4 Å². The van der Waals surface area contributed by atoms with Crippen molar-refractivity contribution >= 4 is 28.6 Å². The van der Waals surface area contributed by atoms with Gasteiger partial charge in [-0.15, -0.1) is 0 Å². The Balaban J connectivity index is 1.81. The minimum absolute atomic E-state index is 0.111. The van der Waals surface area contributed by atoms with Crippen LogP contribution in [0.1, 0.15) is 6.92 Å². The molecule has 2 aromatic heterocycles. The van der Waals surface area contributed by atoms with Crippen molar-refractivity contribution in [2.75, 3.05) is 49.3 Å². The van der Waals surface area contributed by atoms with Crippen molar-refractivity contribution in [1.82, 2.24) is 19.5 Å². The quantitative estimate of drug-likeness (QED) is 0.717. The van der Waals surface area contributed by atoms with E-state index in [1.807, 2.05) is 23.6 Å². The van der Waals surface area contributed by atoms with Gasteiger partial charge in [0.25, 0.3) is 0 Å². The molecule has 3 heterocycles. The maximum absolute atomic E-state index is 5.91. The van der Waals surface area contributed by atoms with Crippen LogP contribution in [0, 0.1) is 0 Å². The highest BCUT2D eigenvalue weighted by Gasteiger charge is 2.17. The Bertz CT molecular complexity index is 934. The molecule has 1 fully saturated rings. The zero-order chi connectivity index (χ0) is 18.1. The molecule has 1 saturated heterocycles. The van der Waals surface area contributed by atoms with Crippen molar-refractivity contribution < 1.29 is 9.47 Å². The van der Waals surface area contributed by atoms with Crippen LogP contribution in [0.25, 0.3) is 16.9 Å². The number of morpholine rings is 1. The average Bonchev–Trinajstić information content (AvgIpc) is 3.07. The lowest BCUT2D eigenvalue weighted by molar-refractivity contribution is 0.122. The SMILES string of the molecule is CCOc1cc(N2CCOCC2)ccc1-n1cnc2c(N)nc(N)nc21. The van der Waals surface area contributed by atoms with Crippen molar-refractivity contribution in [3.63, 3.8) is 0 Å². The van der Waals surface area contributed by atoms with Gasteiger partial charge < -0.3 is 25.8 Å². The van der Waals surface area contributed by atoms with Gasteiger partial charge >= 0.3 is 0 Å². The van der Waals surface area contributed by atoms with Crippen LogP contribution in [-0.4, -0.2) is 52.4 Å². The van der Waals surface area contributed by atoms with Gasteiger partial charge in [-0.2, -0.15) is 9.97 Å². The van der Waals surface area contributed by atoms with Gasteiger partial charge in [0, 0.05) is 24.8 Å². The van der Waals surface area contributed by atoms with Crippen LogP contribution >= 0.6 is 0 Å². The van der Waals surface area contributed by atoms with Gasteiger partial charge in [-0.3, -0.25) is 4.57 Å². The van der Waals surface area contributed by atoms with E-state index in [4.69, 9.17) is 20.9 Å². The highest BCUT2D eigenvalue weighted by molar-refractivity contribution is 5.84. The van der Waals surface area contributed by atoms with Gasteiger partial charge in [0.1, 0.15) is 12.1 Å². The van der Waals surface area contributed by atoms with Crippen LogP contribution in [0.5, 0.6) is 5.75 Å². The minimum Gasteiger partial charge on any atom is -0.492 e. The maximum atomic E-state index is 5.91. The lowest BCUT2D eigenvalue weighted by atomic mass is 10.2. The highest BCUT2D eigenvalue weighted by Crippen LogP contribution is 2.31. The monoisotopic (exact) mass is 355 g/mol. The summed E-state index contributed by atoms with van der Waals surface area (Å²) in [4.78, 5) is 14.9. The molecule has 1 aromatic carbocycles. The van der Waals surface area contributed by atoms with Gasteiger partial charge in [0.2, 0.25) is 5.95 Å². The van der Waals surface area contributed by atoms with E-state index in [-0.39, 0.29) is 11.8 Å². The number of nitrogens with zero attached hydrogens (tertiary/aromatic N) is 5. The number of anilines is 3. The average molecular weight is 355 g/mol. The third-order valence-corrected chi connectivity index (χ3v) is 4.32. The number of benzene rings is 1. The number of imidazole rings is 1. The molecule has 0 bridgehead atoms. The maximum Gasteiger partial charge on any atom is 0.224 e. The summed E-state index contributed by atoms with van der Waals surface area (Å²) in [5.74, 6) is 1.11. The fraction of sp³-hybridized carbons (Fsp3) is 0.353. The summed E-state index contributed by atoms with van der Waals surface area (Å²) in [7, 11) is 0. The molecule has 9 nitrogen and oxygen atoms in total. The van der Waals surface area contributed by atoms with Crippen molar-refractivity contribution in [2.24, 2.45) is 0 Å². The lowest BCUT2D eigenvalue weighted by Crippen LogP contribution is -2.36. The van der Waals surface area contributed by atoms with Crippen molar-refractivity contribution in [1.29, 1.82) is 0 Å². The number of nitrogens with two attached hydrogens (primary N) is 2. The van der Waals surface area contributed by atoms with E-state index in [9.17, 15) is 0 Å². The van der Waals surface area contributed by atoms with Gasteiger partial charge in [-0.25, -0.2) is 4.98 Å². The minimum atomic E-state index is 0.111. The van der Waals surface area contributed by atoms with Crippen LogP contribution < -0.4 is 21.1 Å². The largest absolute Gasteiger partial charge is 0.492 e. The van der Waals surface area contributed by atoms with Gasteiger partial charge in [-0.05, 0) is 19.1 Å². The Morgan fingerprint density at radius 1 is 1.19 bits per heavy atom. The molecule has 1 aliphatic rings. The summed E-state index contributed by atoms with van der Waals surface area (Å²) >= 11 is 0. The molecule has 1 aliphatic heterocycles. The molecular formula is C17H21N7O2. The first kappa shape index (κ1) is 16.4. The lowest BCUT2D eigenvalue weighted by Gasteiger charge is -2.29. The summed E-state index contributed by atoms with van der Waals surface area (Å²) in [6, 6.07) is 6.08. The van der Waals surface area contributed by atoms with E-state index in [2.05, 4.69) is 25.9 Å². The molecule has 9 heteroatoms. The summed E-state index contributed by atoms with van der Waals surface area (Å²) < 4.78 is 13.1. The zero-order valence-corrected chi connectivity index (χ0v) is 14.6. The summed E-state index contributed by atoms with van der Waals surface area (Å²) in [6.45, 7) is 5.68. The first-order valence-electron chi connectivity index (χ1n) is 8.53. The van der Waals surface area contributed by atoms with E-state index in [1.54, 1.807) is 6.33 Å². The van der Waals surface area contributed by atoms with E-state index >= 15 is 0 Å². The molecule has 0 atom stereocenters. The van der Waals surface area contributed by atoms with Gasteiger partial charge in [-0.1, -0.05) is 0 Å². The molecule has 0 saturated carbocycles. The highest BCUT2D eigenvalue weighted by atomic mass is 16.5. The van der Waals surface area contributed by atoms with Crippen molar-refractivity contribution in [2.45, 2.75) is 6.92 Å². The summed E-state index contributed by atoms with van der Waals surface area (Å²) in [5.41, 5.74) is 14.6. The molecule has 4 rings (SSSR count). The van der Waals surface area contributed by atoms with Crippen LogP contribution in [0.2, 0.25) is 0 Å². The van der Waals surface area contributed by atoms with E-state index < -0.39 is 0 Å². The molecule has 0 amide bonds. The predicted molar refractivity (Wildman–Crippen MR) is 99.7 cm³/mol. The standard InChI is InChI=1S/C17H21N7O2/c1-2-26-13-9-11(23-5-7-25-8-6-23)3-4-12(13)24-10-20-14-15(18)21-17(19)22-16(14)24/h3-4,9-10H,2,5-8H2,1H3,(H4,18,19,21,22). The van der Waals surface area contributed by atoms with E-state index in [0.29, 0.717) is 17.8 Å². The molecule has 26 heavy (non-hydrogen) atoms. The smallest absolute Gasteiger partial charge is 0.224 e. The Labute approximate surface area is 150 Å². The molecule has 4 N–H and O–H groups in total. The Morgan fingerprint density at radius 2 is 2.00 bits per heavy atom. The first-order valence-corrected chi connectivity index (χ1v) is 8.53. The van der Waals surface area contributed by atoms with E-state index in [1.165, 1.54) is 0 Å². The molecule has 3 aromatic rings. The van der Waals surface area contributed by atoms with Gasteiger partial charge in [0.05, 0.1) is 25.5 Å². The molecule has 0 aliphatic carbocycles. The Kier molecular flexibility index (Phi) is 4.21. The number of rotatable bonds is 4. The number of nitrogen functional groups attached to an aromatic ring is 2. The second kappa shape index (κ2) is 6.68. The zero-order valence-electron chi connectivity index (χ0n) is 14.6. The second-order valence-electron chi connectivity index (χ2n) is 5.94. The van der Waals surface area contributed by atoms with Crippen LogP contribution in [0.4, 0.5) is 17.5 Å². The number of fused-ring (bicyclic) bond motifs is 1.